The number of carbonyl (C=O) groups is 1. The molecule has 3 aliphatic carbocycles. The van der Waals surface area contributed by atoms with Gasteiger partial charge in [-0.1, -0.05) is 73.1 Å². The highest BCUT2D eigenvalue weighted by atomic mass is 32.2. The fourth-order valence-corrected chi connectivity index (χ4v) is 12.6. The van der Waals surface area contributed by atoms with E-state index in [4.69, 9.17) is 8.85 Å². The molecule has 14 heteroatoms. The molecule has 4 rings (SSSR count). The summed E-state index contributed by atoms with van der Waals surface area (Å²) in [4.78, 5) is 15.1. The summed E-state index contributed by atoms with van der Waals surface area (Å²) < 4.78 is 81.4. The summed E-state index contributed by atoms with van der Waals surface area (Å²) in [5.74, 6) is -2.06. The number of hydrogen-bond acceptors (Lipinski definition) is 6. The minimum absolute atomic E-state index is 0.0129. The molecule has 0 radical (unpaired) electrons. The van der Waals surface area contributed by atoms with E-state index in [1.807, 2.05) is 6.92 Å². The van der Waals surface area contributed by atoms with Crippen LogP contribution < -0.4 is 15.6 Å². The van der Waals surface area contributed by atoms with Crippen LogP contribution in [-0.2, 0) is 23.7 Å². The van der Waals surface area contributed by atoms with Crippen LogP contribution in [0.3, 0.4) is 0 Å². The molecule has 8 atom stereocenters. The van der Waals surface area contributed by atoms with E-state index in [9.17, 15) is 26.4 Å². The zero-order chi connectivity index (χ0) is 40.9. The van der Waals surface area contributed by atoms with Gasteiger partial charge in [-0.3, -0.25) is 4.79 Å². The van der Waals surface area contributed by atoms with Gasteiger partial charge >= 0.3 is 12.1 Å². The highest BCUT2D eigenvalue weighted by molar-refractivity contribution is 7.89. The maximum atomic E-state index is 13.6. The molecule has 0 aliphatic heterocycles. The molecule has 1 aromatic carbocycles. The lowest BCUT2D eigenvalue weighted by molar-refractivity contribution is -0.174. The minimum atomic E-state index is -4.98. The Morgan fingerprint density at radius 1 is 0.852 bits per heavy atom. The number of carbonyl (C=O) groups excluding carboxylic acids is 1. The normalized spacial score (nSPS) is 31.6. The van der Waals surface area contributed by atoms with Crippen molar-refractivity contribution < 1.29 is 35.2 Å². The van der Waals surface area contributed by atoms with E-state index in [-0.39, 0.29) is 62.7 Å². The van der Waals surface area contributed by atoms with Crippen molar-refractivity contribution in [1.82, 2.24) is 15.6 Å². The first-order valence-corrected chi connectivity index (χ1v) is 27.3. The molecule has 0 spiro atoms. The Bertz CT molecular complexity index is 1580. The molecule has 1 amide bonds. The molecule has 0 aromatic heterocycles. The molecule has 1 unspecified atom stereocenters. The first kappa shape index (κ1) is 45.4. The second-order valence-corrected chi connectivity index (χ2v) is 31.6. The third kappa shape index (κ3) is 9.69. The van der Waals surface area contributed by atoms with Crippen molar-refractivity contribution in [3.05, 3.63) is 29.8 Å². The number of hydrogen-bond donors (Lipinski definition) is 3. The largest absolute Gasteiger partial charge is 0.471 e. The standard InChI is InChI=1S/C40H70F3N3O5SSi2/c1-27-14-16-30(17-15-27)52(48,49)46-45-34-19-18-32-31(25-44-35(47)40(41,42)43)33(21-23-39(32,34)9)38(8)22-20-29(51-54(12,13)37(5,6)7)24-28(38)26-50-53(10,11)36(2,3)4/h14-17,28-29,31-34,45-46H,18-26H2,1-13H3,(H,44,47)/t28-,29+,31+,32+,33+,34?,38+,39+/m1/s1. The van der Waals surface area contributed by atoms with Crippen LogP contribution in [0.4, 0.5) is 13.2 Å². The highest BCUT2D eigenvalue weighted by Gasteiger charge is 2.59. The molecule has 8 nitrogen and oxygen atoms in total. The Morgan fingerprint density at radius 3 is 1.96 bits per heavy atom. The smallest absolute Gasteiger partial charge is 0.417 e. The molecular formula is C40H70F3N3O5SSi2. The van der Waals surface area contributed by atoms with Crippen LogP contribution >= 0.6 is 0 Å². The van der Waals surface area contributed by atoms with Crippen LogP contribution in [-0.4, -0.2) is 62.4 Å². The number of aryl methyl sites for hydroxylation is 1. The Kier molecular flexibility index (Phi) is 13.3. The Morgan fingerprint density at radius 2 is 1.41 bits per heavy atom. The van der Waals surface area contributed by atoms with Crippen molar-refractivity contribution in [3.8, 4) is 0 Å². The topological polar surface area (TPSA) is 106 Å². The van der Waals surface area contributed by atoms with E-state index in [1.54, 1.807) is 24.3 Å². The summed E-state index contributed by atoms with van der Waals surface area (Å²) in [6.45, 7) is 29.4. The van der Waals surface area contributed by atoms with E-state index in [0.29, 0.717) is 19.4 Å². The Hall–Kier alpha value is -1.30. The first-order valence-electron chi connectivity index (χ1n) is 20.0. The van der Waals surface area contributed by atoms with Gasteiger partial charge in [-0.25, -0.2) is 13.8 Å². The van der Waals surface area contributed by atoms with E-state index >= 15 is 0 Å². The number of alkyl halides is 3. The number of hydrazine groups is 1. The lowest BCUT2D eigenvalue weighted by atomic mass is 9.49. The summed E-state index contributed by atoms with van der Waals surface area (Å²) in [7, 11) is -8.06. The molecule has 54 heavy (non-hydrogen) atoms. The molecule has 0 bridgehead atoms. The summed E-state index contributed by atoms with van der Waals surface area (Å²) in [6, 6.07) is 6.41. The molecule has 0 heterocycles. The predicted molar refractivity (Wildman–Crippen MR) is 215 cm³/mol. The summed E-state index contributed by atoms with van der Waals surface area (Å²) >= 11 is 0. The fraction of sp³-hybridized carbons (Fsp3) is 0.825. The second-order valence-electron chi connectivity index (χ2n) is 20.4. The number of fused-ring (bicyclic) bond motifs is 1. The molecule has 3 fully saturated rings. The van der Waals surface area contributed by atoms with Gasteiger partial charge in [0.25, 0.3) is 10.0 Å². The monoisotopic (exact) mass is 817 g/mol. The van der Waals surface area contributed by atoms with Gasteiger partial charge in [-0.15, -0.1) is 4.83 Å². The van der Waals surface area contributed by atoms with Gasteiger partial charge in [-0.2, -0.15) is 13.2 Å². The van der Waals surface area contributed by atoms with Crippen molar-refractivity contribution in [2.45, 2.75) is 167 Å². The van der Waals surface area contributed by atoms with Crippen molar-refractivity contribution in [3.63, 3.8) is 0 Å². The Balaban J connectivity index is 1.67. The average Bonchev–Trinajstić information content (AvgIpc) is 3.37. The third-order valence-electron chi connectivity index (χ3n) is 14.9. The zero-order valence-electron chi connectivity index (χ0n) is 35.2. The van der Waals surface area contributed by atoms with Crippen LogP contribution in [0, 0.1) is 41.4 Å². The minimum Gasteiger partial charge on any atom is -0.417 e. The maximum absolute atomic E-state index is 13.6. The van der Waals surface area contributed by atoms with E-state index in [1.165, 1.54) is 0 Å². The zero-order valence-corrected chi connectivity index (χ0v) is 38.0. The van der Waals surface area contributed by atoms with E-state index in [2.05, 4.69) is 97.2 Å². The maximum Gasteiger partial charge on any atom is 0.471 e. The van der Waals surface area contributed by atoms with Crippen molar-refractivity contribution >= 4 is 32.6 Å². The highest BCUT2D eigenvalue weighted by Crippen LogP contribution is 2.62. The second kappa shape index (κ2) is 15.8. The first-order chi connectivity index (χ1) is 24.4. The molecule has 3 saturated carbocycles. The van der Waals surface area contributed by atoms with E-state index < -0.39 is 44.2 Å². The molecule has 0 saturated heterocycles. The van der Waals surface area contributed by atoms with Crippen LogP contribution in [0.15, 0.2) is 29.2 Å². The Labute approximate surface area is 326 Å². The van der Waals surface area contributed by atoms with Gasteiger partial charge in [0.15, 0.2) is 16.6 Å². The van der Waals surface area contributed by atoms with Gasteiger partial charge in [0.05, 0.1) is 4.90 Å². The molecular weight excluding hydrogens is 748 g/mol. The SMILES string of the molecule is Cc1ccc(S(=O)(=O)NNC2CC[C@H]3[C@H](CNC(=O)C(F)(F)F)[C@@H]([C@@]4(C)CC[C@H](O[Si](C)(C)C(C)(C)C)C[C@@H]4CO[Si](C)(C)C(C)(C)C)CC[C@]23C)cc1. The number of benzene rings is 1. The number of sulfonamides is 1. The third-order valence-corrected chi connectivity index (χ3v) is 25.3. The van der Waals surface area contributed by atoms with E-state index in [0.717, 1.165) is 37.7 Å². The van der Waals surface area contributed by atoms with Gasteiger partial charge in [-0.05, 0) is 135 Å². The average molecular weight is 818 g/mol. The lowest BCUT2D eigenvalue weighted by Crippen LogP contribution is -2.58. The summed E-state index contributed by atoms with van der Waals surface area (Å²) in [5.41, 5.74) is 3.42. The summed E-state index contributed by atoms with van der Waals surface area (Å²) in [6.07, 6.45) is 0.540. The van der Waals surface area contributed by atoms with Gasteiger partial charge in [0, 0.05) is 25.3 Å². The lowest BCUT2D eigenvalue weighted by Gasteiger charge is -2.58. The quantitative estimate of drug-likeness (QED) is 0.143. The number of rotatable bonds is 12. The van der Waals surface area contributed by atoms with Crippen molar-refractivity contribution in [1.29, 1.82) is 0 Å². The predicted octanol–water partition coefficient (Wildman–Crippen LogP) is 9.49. The summed E-state index contributed by atoms with van der Waals surface area (Å²) in [5, 5.41) is 2.38. The van der Waals surface area contributed by atoms with Crippen molar-refractivity contribution in [2.75, 3.05) is 13.2 Å². The van der Waals surface area contributed by atoms with Crippen molar-refractivity contribution in [2.24, 2.45) is 34.5 Å². The molecule has 310 valence electrons. The van der Waals surface area contributed by atoms with Crippen LogP contribution in [0.5, 0.6) is 0 Å². The van der Waals surface area contributed by atoms with Gasteiger partial charge < -0.3 is 14.2 Å². The fourth-order valence-electron chi connectivity index (χ4n) is 9.22. The van der Waals surface area contributed by atoms with Crippen LogP contribution in [0.1, 0.15) is 106 Å². The van der Waals surface area contributed by atoms with Crippen LogP contribution in [0.2, 0.25) is 36.3 Å². The number of nitrogens with one attached hydrogen (secondary N) is 3. The van der Waals surface area contributed by atoms with Gasteiger partial charge in [0.2, 0.25) is 0 Å². The van der Waals surface area contributed by atoms with Gasteiger partial charge in [0.1, 0.15) is 0 Å². The number of amides is 1. The molecule has 3 aliphatic rings. The molecule has 1 aromatic rings. The van der Waals surface area contributed by atoms with Crippen LogP contribution in [0.25, 0.3) is 0 Å². The molecule has 3 N–H and O–H groups in total. The number of halogens is 3.